The molecule has 1 aromatic carbocycles. The number of carbonyl (C=O) groups is 1. The summed E-state index contributed by atoms with van der Waals surface area (Å²) >= 11 is 0. The Morgan fingerprint density at radius 1 is 1.38 bits per heavy atom. The molecule has 1 N–H and O–H groups in total. The Hall–Kier alpha value is -1.95. The summed E-state index contributed by atoms with van der Waals surface area (Å²) in [5.74, 6) is -0.588. The third kappa shape index (κ3) is 3.78. The topological polar surface area (TPSA) is 89.7 Å². The van der Waals surface area contributed by atoms with Crippen LogP contribution in [0.1, 0.15) is 48.5 Å². The van der Waals surface area contributed by atoms with Crippen molar-refractivity contribution in [1.82, 2.24) is 0 Å². The van der Waals surface area contributed by atoms with Gasteiger partial charge in [0.15, 0.2) is 0 Å². The van der Waals surface area contributed by atoms with E-state index in [9.17, 15) is 20.0 Å². The molecular weight excluding hydrogens is 274 g/mol. The summed E-state index contributed by atoms with van der Waals surface area (Å²) in [5.41, 5.74) is -0.303. The second-order valence-electron chi connectivity index (χ2n) is 5.57. The molecule has 1 aliphatic carbocycles. The Labute approximate surface area is 122 Å². The Morgan fingerprint density at radius 3 is 2.62 bits per heavy atom. The van der Waals surface area contributed by atoms with Gasteiger partial charge in [0.25, 0.3) is 5.69 Å². The fraction of sp³-hybridized carbons (Fsp3) is 0.533. The van der Waals surface area contributed by atoms with Crippen LogP contribution < -0.4 is 0 Å². The summed E-state index contributed by atoms with van der Waals surface area (Å²) in [6.45, 7) is 2.31. The standard InChI is InChI=1S/C15H19NO5/c1-10-5-7-12(8-6-10)21-9-11-3-2-4-13(16(19)20)14(11)15(17)18/h2-4,10,12H,5-9H2,1H3,(H,17,18). The Kier molecular flexibility index (Phi) is 4.90. The maximum atomic E-state index is 11.3. The zero-order valence-electron chi connectivity index (χ0n) is 11.9. The van der Waals surface area contributed by atoms with Crippen LogP contribution in [-0.4, -0.2) is 22.1 Å². The largest absolute Gasteiger partial charge is 0.477 e. The van der Waals surface area contributed by atoms with Gasteiger partial charge in [0.2, 0.25) is 0 Å². The van der Waals surface area contributed by atoms with Gasteiger partial charge in [-0.3, -0.25) is 10.1 Å². The minimum absolute atomic E-state index is 0.0996. The lowest BCUT2D eigenvalue weighted by Crippen LogP contribution is -2.21. The highest BCUT2D eigenvalue weighted by Gasteiger charge is 2.25. The molecule has 0 aromatic heterocycles. The molecule has 0 saturated heterocycles. The van der Waals surface area contributed by atoms with E-state index in [4.69, 9.17) is 4.74 Å². The number of carboxylic acid groups (broad SMARTS) is 1. The molecule has 0 atom stereocenters. The number of nitro groups is 1. The van der Waals surface area contributed by atoms with E-state index in [1.807, 2.05) is 0 Å². The van der Waals surface area contributed by atoms with Crippen LogP contribution in [0.5, 0.6) is 0 Å². The summed E-state index contributed by atoms with van der Waals surface area (Å²) in [4.78, 5) is 21.5. The lowest BCUT2D eigenvalue weighted by molar-refractivity contribution is -0.385. The smallest absolute Gasteiger partial charge is 0.343 e. The highest BCUT2D eigenvalue weighted by Crippen LogP contribution is 2.28. The van der Waals surface area contributed by atoms with Crippen LogP contribution in [0.3, 0.4) is 0 Å². The predicted molar refractivity (Wildman–Crippen MR) is 76.3 cm³/mol. The second kappa shape index (κ2) is 6.67. The second-order valence-corrected chi connectivity index (χ2v) is 5.57. The van der Waals surface area contributed by atoms with E-state index < -0.39 is 10.9 Å². The van der Waals surface area contributed by atoms with Crippen LogP contribution in [0.4, 0.5) is 5.69 Å². The third-order valence-corrected chi connectivity index (χ3v) is 3.98. The summed E-state index contributed by atoms with van der Waals surface area (Å²) in [5, 5.41) is 20.1. The molecule has 6 heteroatoms. The number of ether oxygens (including phenoxy) is 1. The third-order valence-electron chi connectivity index (χ3n) is 3.98. The van der Waals surface area contributed by atoms with E-state index in [1.165, 1.54) is 12.1 Å². The molecule has 1 fully saturated rings. The first-order chi connectivity index (χ1) is 9.99. The van der Waals surface area contributed by atoms with Crippen LogP contribution in [0.15, 0.2) is 18.2 Å². The zero-order chi connectivity index (χ0) is 15.4. The first kappa shape index (κ1) is 15.4. The van der Waals surface area contributed by atoms with Crippen LogP contribution in [0, 0.1) is 16.0 Å². The fourth-order valence-corrected chi connectivity index (χ4v) is 2.71. The normalized spacial score (nSPS) is 22.0. The van der Waals surface area contributed by atoms with Crippen molar-refractivity contribution in [3.63, 3.8) is 0 Å². The van der Waals surface area contributed by atoms with Gasteiger partial charge in [0.1, 0.15) is 5.56 Å². The van der Waals surface area contributed by atoms with E-state index in [0.717, 1.165) is 25.7 Å². The number of nitrogens with zero attached hydrogens (tertiary/aromatic N) is 1. The Balaban J connectivity index is 2.11. The van der Waals surface area contributed by atoms with Crippen LogP contribution in [-0.2, 0) is 11.3 Å². The molecule has 1 aromatic rings. The lowest BCUT2D eigenvalue weighted by atomic mass is 9.89. The molecular formula is C15H19NO5. The maximum absolute atomic E-state index is 11.3. The summed E-state index contributed by atoms with van der Waals surface area (Å²) in [6.07, 6.45) is 4.23. The lowest BCUT2D eigenvalue weighted by Gasteiger charge is -2.26. The van der Waals surface area contributed by atoms with Gasteiger partial charge < -0.3 is 9.84 Å². The van der Waals surface area contributed by atoms with Crippen molar-refractivity contribution >= 4 is 11.7 Å². The number of benzene rings is 1. The number of hydrogen-bond acceptors (Lipinski definition) is 4. The van der Waals surface area contributed by atoms with E-state index in [-0.39, 0.29) is 24.0 Å². The Bertz CT molecular complexity index is 535. The van der Waals surface area contributed by atoms with Crippen molar-refractivity contribution in [3.05, 3.63) is 39.4 Å². The summed E-state index contributed by atoms with van der Waals surface area (Å²) in [6, 6.07) is 4.27. The van der Waals surface area contributed by atoms with Gasteiger partial charge in [-0.1, -0.05) is 19.1 Å². The first-order valence-electron chi connectivity index (χ1n) is 7.10. The van der Waals surface area contributed by atoms with Crippen LogP contribution >= 0.6 is 0 Å². The monoisotopic (exact) mass is 293 g/mol. The van der Waals surface area contributed by atoms with E-state index in [1.54, 1.807) is 6.07 Å². The number of rotatable bonds is 5. The van der Waals surface area contributed by atoms with Crippen molar-refractivity contribution < 1.29 is 19.6 Å². The first-order valence-corrected chi connectivity index (χ1v) is 7.10. The quantitative estimate of drug-likeness (QED) is 0.664. The van der Waals surface area contributed by atoms with Gasteiger partial charge in [-0.05, 0) is 37.2 Å². The molecule has 0 unspecified atom stereocenters. The highest BCUT2D eigenvalue weighted by atomic mass is 16.6. The number of carboxylic acids is 1. The van der Waals surface area contributed by atoms with Crippen molar-refractivity contribution in [2.24, 2.45) is 5.92 Å². The van der Waals surface area contributed by atoms with Gasteiger partial charge in [0, 0.05) is 6.07 Å². The van der Waals surface area contributed by atoms with Crippen molar-refractivity contribution in [2.75, 3.05) is 0 Å². The summed E-state index contributed by atoms with van der Waals surface area (Å²) < 4.78 is 5.76. The van der Waals surface area contributed by atoms with E-state index in [0.29, 0.717) is 11.5 Å². The average Bonchev–Trinajstić information content (AvgIpc) is 2.46. The molecule has 2 rings (SSSR count). The van der Waals surface area contributed by atoms with Gasteiger partial charge in [-0.15, -0.1) is 0 Å². The molecule has 0 amide bonds. The Morgan fingerprint density at radius 2 is 2.05 bits per heavy atom. The molecule has 0 aliphatic heterocycles. The van der Waals surface area contributed by atoms with Crippen molar-refractivity contribution in [2.45, 2.75) is 45.3 Å². The van der Waals surface area contributed by atoms with Crippen LogP contribution in [0.25, 0.3) is 0 Å². The molecule has 1 saturated carbocycles. The molecule has 0 spiro atoms. The van der Waals surface area contributed by atoms with Crippen molar-refractivity contribution in [1.29, 1.82) is 0 Å². The predicted octanol–water partition coefficient (Wildman–Crippen LogP) is 3.39. The van der Waals surface area contributed by atoms with E-state index >= 15 is 0 Å². The SMILES string of the molecule is CC1CCC(OCc2cccc([N+](=O)[O-])c2C(=O)O)CC1. The van der Waals surface area contributed by atoms with Gasteiger partial charge >= 0.3 is 5.97 Å². The number of hydrogen-bond donors (Lipinski definition) is 1. The maximum Gasteiger partial charge on any atom is 0.343 e. The van der Waals surface area contributed by atoms with Gasteiger partial charge in [0.05, 0.1) is 17.6 Å². The van der Waals surface area contributed by atoms with Crippen molar-refractivity contribution in [3.8, 4) is 0 Å². The molecule has 0 bridgehead atoms. The summed E-state index contributed by atoms with van der Waals surface area (Å²) in [7, 11) is 0. The molecule has 0 heterocycles. The minimum Gasteiger partial charge on any atom is -0.477 e. The molecule has 21 heavy (non-hydrogen) atoms. The molecule has 6 nitrogen and oxygen atoms in total. The number of nitro benzene ring substituents is 1. The fourth-order valence-electron chi connectivity index (χ4n) is 2.71. The van der Waals surface area contributed by atoms with Gasteiger partial charge in [-0.2, -0.15) is 0 Å². The molecule has 1 aliphatic rings. The van der Waals surface area contributed by atoms with Gasteiger partial charge in [-0.25, -0.2) is 4.79 Å². The molecule has 0 radical (unpaired) electrons. The average molecular weight is 293 g/mol. The number of aromatic carboxylic acids is 1. The van der Waals surface area contributed by atoms with Crippen LogP contribution in [0.2, 0.25) is 0 Å². The van der Waals surface area contributed by atoms with E-state index in [2.05, 4.69) is 6.92 Å². The highest BCUT2D eigenvalue weighted by molar-refractivity contribution is 5.94. The minimum atomic E-state index is -1.29. The molecule has 114 valence electrons. The zero-order valence-corrected chi connectivity index (χ0v) is 11.9.